The molecule has 1 aliphatic rings. The van der Waals surface area contributed by atoms with Gasteiger partial charge in [0.05, 0.1) is 6.10 Å². The molecule has 0 heterocycles. The molecule has 64 valence electrons. The van der Waals surface area contributed by atoms with Crippen molar-refractivity contribution in [3.63, 3.8) is 0 Å². The summed E-state index contributed by atoms with van der Waals surface area (Å²) >= 11 is 0. The molecule has 1 saturated carbocycles. The largest absolute Gasteiger partial charge is 0.368 e. The molecule has 0 unspecified atom stereocenters. The SMILES string of the molecule is CNC(=O)COC1CCCC1. The second-order valence-electron chi connectivity index (χ2n) is 2.89. The van der Waals surface area contributed by atoms with Crippen LogP contribution >= 0.6 is 0 Å². The Bertz CT molecular complexity index is 130. The van der Waals surface area contributed by atoms with Gasteiger partial charge in [0.2, 0.25) is 5.91 Å². The molecule has 0 spiro atoms. The van der Waals surface area contributed by atoms with Crippen molar-refractivity contribution in [3.8, 4) is 0 Å². The van der Waals surface area contributed by atoms with Crippen molar-refractivity contribution in [2.75, 3.05) is 13.7 Å². The molecule has 0 atom stereocenters. The Morgan fingerprint density at radius 3 is 2.73 bits per heavy atom. The number of ether oxygens (including phenoxy) is 1. The van der Waals surface area contributed by atoms with E-state index in [0.29, 0.717) is 6.10 Å². The fourth-order valence-electron chi connectivity index (χ4n) is 1.32. The molecule has 1 fully saturated rings. The minimum atomic E-state index is -0.0306. The highest BCUT2D eigenvalue weighted by atomic mass is 16.5. The van der Waals surface area contributed by atoms with Gasteiger partial charge in [0.15, 0.2) is 0 Å². The van der Waals surface area contributed by atoms with Crippen LogP contribution in [0.25, 0.3) is 0 Å². The lowest BCUT2D eigenvalue weighted by Gasteiger charge is -2.09. The van der Waals surface area contributed by atoms with Crippen molar-refractivity contribution in [1.29, 1.82) is 0 Å². The van der Waals surface area contributed by atoms with Gasteiger partial charge < -0.3 is 10.1 Å². The van der Waals surface area contributed by atoms with Crippen molar-refractivity contribution >= 4 is 5.91 Å². The number of nitrogens with one attached hydrogen (secondary N) is 1. The number of carbonyl (C=O) groups excluding carboxylic acids is 1. The highest BCUT2D eigenvalue weighted by Gasteiger charge is 2.15. The van der Waals surface area contributed by atoms with Gasteiger partial charge in [-0.05, 0) is 12.8 Å². The first-order valence-electron chi connectivity index (χ1n) is 4.15. The second kappa shape index (κ2) is 4.34. The lowest BCUT2D eigenvalue weighted by Crippen LogP contribution is -2.25. The third-order valence-corrected chi connectivity index (χ3v) is 2.03. The Labute approximate surface area is 67.1 Å². The molecule has 1 rings (SSSR count). The van der Waals surface area contributed by atoms with Crippen LogP contribution in [0.15, 0.2) is 0 Å². The molecule has 1 aliphatic carbocycles. The van der Waals surface area contributed by atoms with E-state index < -0.39 is 0 Å². The summed E-state index contributed by atoms with van der Waals surface area (Å²) in [6, 6.07) is 0. The molecule has 1 amide bonds. The zero-order valence-corrected chi connectivity index (χ0v) is 6.93. The Balaban J connectivity index is 2.06. The first-order valence-corrected chi connectivity index (χ1v) is 4.15. The quantitative estimate of drug-likeness (QED) is 0.654. The van der Waals surface area contributed by atoms with E-state index >= 15 is 0 Å². The first-order chi connectivity index (χ1) is 5.33. The number of hydrogen-bond acceptors (Lipinski definition) is 2. The zero-order valence-electron chi connectivity index (χ0n) is 6.93. The molecule has 1 N–H and O–H groups in total. The highest BCUT2D eigenvalue weighted by Crippen LogP contribution is 2.20. The zero-order chi connectivity index (χ0) is 8.10. The topological polar surface area (TPSA) is 38.3 Å². The predicted octanol–water partition coefficient (Wildman–Crippen LogP) is 0.692. The molecule has 11 heavy (non-hydrogen) atoms. The van der Waals surface area contributed by atoms with E-state index in [2.05, 4.69) is 5.32 Å². The van der Waals surface area contributed by atoms with Crippen molar-refractivity contribution in [2.45, 2.75) is 31.8 Å². The summed E-state index contributed by atoms with van der Waals surface area (Å²) in [6.45, 7) is 0.223. The molecule has 0 aromatic carbocycles. The van der Waals surface area contributed by atoms with Crippen molar-refractivity contribution in [2.24, 2.45) is 0 Å². The number of rotatable bonds is 3. The van der Waals surface area contributed by atoms with Crippen LogP contribution in [0.2, 0.25) is 0 Å². The maximum absolute atomic E-state index is 10.7. The molecule has 0 aromatic heterocycles. The van der Waals surface area contributed by atoms with Crippen LogP contribution in [0.1, 0.15) is 25.7 Å². The van der Waals surface area contributed by atoms with Crippen LogP contribution < -0.4 is 5.32 Å². The Hall–Kier alpha value is -0.570. The van der Waals surface area contributed by atoms with Gasteiger partial charge in [0, 0.05) is 7.05 Å². The van der Waals surface area contributed by atoms with E-state index in [0.717, 1.165) is 12.8 Å². The number of likely N-dealkylation sites (N-methyl/N-ethyl adjacent to an activating group) is 1. The average Bonchev–Trinajstić information content (AvgIpc) is 2.52. The van der Waals surface area contributed by atoms with Gasteiger partial charge in [-0.3, -0.25) is 4.79 Å². The molecular formula is C8H15NO2. The Kier molecular flexibility index (Phi) is 3.36. The third kappa shape index (κ3) is 2.89. The first kappa shape index (κ1) is 8.53. The maximum atomic E-state index is 10.7. The molecule has 3 heteroatoms. The fourth-order valence-corrected chi connectivity index (χ4v) is 1.32. The minimum absolute atomic E-state index is 0.0306. The van der Waals surface area contributed by atoms with Crippen molar-refractivity contribution in [3.05, 3.63) is 0 Å². The van der Waals surface area contributed by atoms with Crippen molar-refractivity contribution < 1.29 is 9.53 Å². The molecule has 3 nitrogen and oxygen atoms in total. The summed E-state index contributed by atoms with van der Waals surface area (Å²) < 4.78 is 5.34. The van der Waals surface area contributed by atoms with Gasteiger partial charge in [-0.1, -0.05) is 12.8 Å². The summed E-state index contributed by atoms with van der Waals surface area (Å²) in [5.74, 6) is -0.0306. The van der Waals surface area contributed by atoms with E-state index in [9.17, 15) is 4.79 Å². The van der Waals surface area contributed by atoms with E-state index in [4.69, 9.17) is 4.74 Å². The molecule has 0 radical (unpaired) electrons. The van der Waals surface area contributed by atoms with Crippen LogP contribution in [-0.4, -0.2) is 25.7 Å². The van der Waals surface area contributed by atoms with Gasteiger partial charge in [-0.25, -0.2) is 0 Å². The summed E-state index contributed by atoms with van der Waals surface area (Å²) in [5.41, 5.74) is 0. The Morgan fingerprint density at radius 1 is 1.55 bits per heavy atom. The lowest BCUT2D eigenvalue weighted by molar-refractivity contribution is -0.127. The second-order valence-corrected chi connectivity index (χ2v) is 2.89. The van der Waals surface area contributed by atoms with Crippen LogP contribution in [0.3, 0.4) is 0 Å². The predicted molar refractivity (Wildman–Crippen MR) is 42.3 cm³/mol. The average molecular weight is 157 g/mol. The van der Waals surface area contributed by atoms with Crippen molar-refractivity contribution in [1.82, 2.24) is 5.32 Å². The van der Waals surface area contributed by atoms with Gasteiger partial charge >= 0.3 is 0 Å². The van der Waals surface area contributed by atoms with E-state index in [1.54, 1.807) is 7.05 Å². The summed E-state index contributed by atoms with van der Waals surface area (Å²) in [6.07, 6.45) is 5.08. The summed E-state index contributed by atoms with van der Waals surface area (Å²) in [5, 5.41) is 2.52. The number of carbonyl (C=O) groups is 1. The molecule has 0 saturated heterocycles. The minimum Gasteiger partial charge on any atom is -0.368 e. The van der Waals surface area contributed by atoms with Gasteiger partial charge in [0.1, 0.15) is 6.61 Å². The van der Waals surface area contributed by atoms with Crippen LogP contribution in [0.5, 0.6) is 0 Å². The molecule has 0 bridgehead atoms. The van der Waals surface area contributed by atoms with E-state index in [1.807, 2.05) is 0 Å². The van der Waals surface area contributed by atoms with Gasteiger partial charge in [0.25, 0.3) is 0 Å². The monoisotopic (exact) mass is 157 g/mol. The van der Waals surface area contributed by atoms with E-state index in [1.165, 1.54) is 12.8 Å². The number of hydrogen-bond donors (Lipinski definition) is 1. The molecule has 0 aliphatic heterocycles. The van der Waals surface area contributed by atoms with Crippen LogP contribution in [0.4, 0.5) is 0 Å². The van der Waals surface area contributed by atoms with Crippen LogP contribution in [-0.2, 0) is 9.53 Å². The normalized spacial score (nSPS) is 18.6. The fraction of sp³-hybridized carbons (Fsp3) is 0.875. The third-order valence-electron chi connectivity index (χ3n) is 2.03. The number of amides is 1. The van der Waals surface area contributed by atoms with Crippen LogP contribution in [0, 0.1) is 0 Å². The van der Waals surface area contributed by atoms with Gasteiger partial charge in [-0.15, -0.1) is 0 Å². The summed E-state index contributed by atoms with van der Waals surface area (Å²) in [4.78, 5) is 10.7. The molecular weight excluding hydrogens is 142 g/mol. The van der Waals surface area contributed by atoms with Gasteiger partial charge in [-0.2, -0.15) is 0 Å². The summed E-state index contributed by atoms with van der Waals surface area (Å²) in [7, 11) is 1.63. The van der Waals surface area contributed by atoms with E-state index in [-0.39, 0.29) is 12.5 Å². The maximum Gasteiger partial charge on any atom is 0.245 e. The standard InChI is InChI=1S/C8H15NO2/c1-9-8(10)6-11-7-4-2-3-5-7/h7H,2-6H2,1H3,(H,9,10). The Morgan fingerprint density at radius 2 is 2.18 bits per heavy atom. The smallest absolute Gasteiger partial charge is 0.245 e. The molecule has 0 aromatic rings. The lowest BCUT2D eigenvalue weighted by atomic mass is 10.3. The highest BCUT2D eigenvalue weighted by molar-refractivity contribution is 5.76.